The Bertz CT molecular complexity index is 1010. The van der Waals surface area contributed by atoms with Gasteiger partial charge in [-0.2, -0.15) is 0 Å². The van der Waals surface area contributed by atoms with Gasteiger partial charge in [0.15, 0.2) is 0 Å². The fourth-order valence-corrected chi connectivity index (χ4v) is 3.84. The van der Waals surface area contributed by atoms with Gasteiger partial charge >= 0.3 is 13.1 Å². The topological polar surface area (TPSA) is 66.0 Å². The lowest BCUT2D eigenvalue weighted by atomic mass is 9.78. The first kappa shape index (κ1) is 22.6. The number of hydrogen-bond acceptors (Lipinski definition) is 6. The van der Waals surface area contributed by atoms with E-state index >= 15 is 0 Å². The maximum atomic E-state index is 14.6. The molecule has 2 heterocycles. The molecule has 0 aromatic heterocycles. The molecule has 2 aromatic rings. The van der Waals surface area contributed by atoms with Crippen molar-refractivity contribution in [1.29, 1.82) is 0 Å². The zero-order valence-corrected chi connectivity index (χ0v) is 19.2. The van der Waals surface area contributed by atoms with E-state index in [1.54, 1.807) is 6.07 Å². The number of ether oxygens (including phenoxy) is 2. The van der Waals surface area contributed by atoms with Gasteiger partial charge in [0.2, 0.25) is 0 Å². The molecular formula is C24H29BFNO5. The molecule has 2 aromatic carbocycles. The zero-order valence-electron chi connectivity index (χ0n) is 19.2. The molecule has 170 valence electrons. The summed E-state index contributed by atoms with van der Waals surface area (Å²) in [4.78, 5) is 11.4. The number of fused-ring (bicyclic) bond motifs is 1. The molecule has 1 fully saturated rings. The van der Waals surface area contributed by atoms with Crippen molar-refractivity contribution in [3.63, 3.8) is 0 Å². The van der Waals surface area contributed by atoms with E-state index in [0.29, 0.717) is 23.6 Å². The largest absolute Gasteiger partial charge is 0.494 e. The van der Waals surface area contributed by atoms with Gasteiger partial charge in [0.05, 0.1) is 30.0 Å². The normalized spacial score (nSPS) is 20.8. The monoisotopic (exact) mass is 441 g/mol. The highest BCUT2D eigenvalue weighted by molar-refractivity contribution is 6.62. The average Bonchev–Trinajstić information content (AvgIpc) is 2.98. The molecule has 1 atom stereocenters. The van der Waals surface area contributed by atoms with Gasteiger partial charge in [0, 0.05) is 12.5 Å². The van der Waals surface area contributed by atoms with Crippen molar-refractivity contribution in [2.75, 3.05) is 19.0 Å². The van der Waals surface area contributed by atoms with E-state index in [-0.39, 0.29) is 30.7 Å². The molecule has 32 heavy (non-hydrogen) atoms. The second kappa shape index (κ2) is 8.41. The summed E-state index contributed by atoms with van der Waals surface area (Å²) in [7, 11) is 0.868. The van der Waals surface area contributed by atoms with Crippen LogP contribution < -0.4 is 15.5 Å². The summed E-state index contributed by atoms with van der Waals surface area (Å²) in [5.74, 6) is -0.178. The average molecular weight is 441 g/mol. The number of carbonyl (C=O) groups excluding carboxylic acids is 1. The third-order valence-corrected chi connectivity index (χ3v) is 6.55. The molecule has 0 aliphatic carbocycles. The number of anilines is 1. The Balaban J connectivity index is 1.50. The van der Waals surface area contributed by atoms with Gasteiger partial charge in [-0.15, -0.1) is 0 Å². The van der Waals surface area contributed by atoms with E-state index in [1.165, 1.54) is 13.2 Å². The van der Waals surface area contributed by atoms with Crippen molar-refractivity contribution in [1.82, 2.24) is 0 Å². The molecule has 2 aliphatic rings. The van der Waals surface area contributed by atoms with Crippen LogP contribution in [0.3, 0.4) is 0 Å². The van der Waals surface area contributed by atoms with Crippen LogP contribution in [0.4, 0.5) is 10.1 Å². The Kier molecular flexibility index (Phi) is 5.94. The first-order valence-corrected chi connectivity index (χ1v) is 10.8. The van der Waals surface area contributed by atoms with Crippen LogP contribution in [-0.2, 0) is 25.3 Å². The van der Waals surface area contributed by atoms with Gasteiger partial charge < -0.3 is 24.1 Å². The van der Waals surface area contributed by atoms with Crippen molar-refractivity contribution >= 4 is 24.2 Å². The fourth-order valence-electron chi connectivity index (χ4n) is 3.84. The van der Waals surface area contributed by atoms with E-state index in [4.69, 9.17) is 14.0 Å². The molecule has 4 rings (SSSR count). The van der Waals surface area contributed by atoms with Crippen LogP contribution in [0.1, 0.15) is 51.3 Å². The Morgan fingerprint density at radius 2 is 1.91 bits per heavy atom. The van der Waals surface area contributed by atoms with Gasteiger partial charge in [-0.1, -0.05) is 24.3 Å². The number of rotatable bonds is 5. The van der Waals surface area contributed by atoms with E-state index in [2.05, 4.69) is 10.1 Å². The predicted octanol–water partition coefficient (Wildman–Crippen LogP) is 3.78. The lowest BCUT2D eigenvalue weighted by Gasteiger charge is -2.32. The van der Waals surface area contributed by atoms with Crippen molar-refractivity contribution in [2.45, 2.75) is 57.8 Å². The summed E-state index contributed by atoms with van der Waals surface area (Å²) >= 11 is 0. The highest BCUT2D eigenvalue weighted by atomic mass is 19.1. The highest BCUT2D eigenvalue weighted by Crippen LogP contribution is 2.38. The Hall–Kier alpha value is -2.58. The minimum absolute atomic E-state index is 0.119. The molecule has 2 aliphatic heterocycles. The number of methoxy groups -OCH3 is 1. The van der Waals surface area contributed by atoms with Gasteiger partial charge in [-0.25, -0.2) is 4.39 Å². The first-order valence-electron chi connectivity index (χ1n) is 10.8. The summed E-state index contributed by atoms with van der Waals surface area (Å²) in [6, 6.07) is 10.9. The Morgan fingerprint density at radius 1 is 1.19 bits per heavy atom. The standard InChI is InChI=1S/C24H29BFNO5/c1-23(2)24(3,4)32-25(31-23)17-8-6-7-16(11-17)20-14-30-21-12-15(9-10-22(28)29-5)18(26)13-19(21)27-20/h6-8,11-13,20,27H,9-10,14H2,1-5H3. The highest BCUT2D eigenvalue weighted by Gasteiger charge is 2.51. The van der Waals surface area contributed by atoms with Crippen LogP contribution >= 0.6 is 0 Å². The molecule has 1 saturated heterocycles. The van der Waals surface area contributed by atoms with E-state index in [9.17, 15) is 9.18 Å². The summed E-state index contributed by atoms with van der Waals surface area (Å²) in [5, 5.41) is 3.37. The van der Waals surface area contributed by atoms with Gasteiger partial charge in [0.1, 0.15) is 18.2 Å². The SMILES string of the molecule is COC(=O)CCc1cc2c(cc1F)NC(c1cccc(B3OC(C)(C)C(C)(C)O3)c1)CO2. The van der Waals surface area contributed by atoms with Crippen molar-refractivity contribution in [3.05, 3.63) is 53.3 Å². The summed E-state index contributed by atoms with van der Waals surface area (Å²) in [6.07, 6.45) is 0.378. The van der Waals surface area contributed by atoms with Gasteiger partial charge in [-0.05, 0) is 56.8 Å². The molecule has 1 N–H and O–H groups in total. The summed E-state index contributed by atoms with van der Waals surface area (Å²) in [5.41, 5.74) is 2.11. The minimum Gasteiger partial charge on any atom is -0.489 e. The molecular weight excluding hydrogens is 412 g/mol. The van der Waals surface area contributed by atoms with Crippen LogP contribution in [0.25, 0.3) is 0 Å². The smallest absolute Gasteiger partial charge is 0.489 e. The second-order valence-electron chi connectivity index (χ2n) is 9.28. The van der Waals surface area contributed by atoms with E-state index < -0.39 is 18.3 Å². The molecule has 8 heteroatoms. The molecule has 0 bridgehead atoms. The quantitative estimate of drug-likeness (QED) is 0.563. The van der Waals surface area contributed by atoms with Crippen LogP contribution in [0.2, 0.25) is 0 Å². The van der Waals surface area contributed by atoms with Crippen molar-refractivity contribution in [3.8, 4) is 5.75 Å². The summed E-state index contributed by atoms with van der Waals surface area (Å²) in [6.45, 7) is 8.50. The van der Waals surface area contributed by atoms with Crippen LogP contribution in [0, 0.1) is 5.82 Å². The number of nitrogens with one attached hydrogen (secondary N) is 1. The van der Waals surface area contributed by atoms with E-state index in [0.717, 1.165) is 11.0 Å². The fraction of sp³-hybridized carbons (Fsp3) is 0.458. The van der Waals surface area contributed by atoms with Gasteiger partial charge in [-0.3, -0.25) is 4.79 Å². The van der Waals surface area contributed by atoms with Crippen molar-refractivity contribution in [2.24, 2.45) is 0 Å². The molecule has 0 saturated carbocycles. The number of benzene rings is 2. The van der Waals surface area contributed by atoms with Crippen molar-refractivity contribution < 1.29 is 28.0 Å². The van der Waals surface area contributed by atoms with Crippen LogP contribution in [-0.4, -0.2) is 38.0 Å². The Morgan fingerprint density at radius 3 is 2.59 bits per heavy atom. The van der Waals surface area contributed by atoms with E-state index in [1.807, 2.05) is 52.0 Å². The Labute approximate surface area is 188 Å². The zero-order chi connectivity index (χ0) is 23.1. The number of carbonyl (C=O) groups is 1. The number of hydrogen-bond donors (Lipinski definition) is 1. The molecule has 0 radical (unpaired) electrons. The predicted molar refractivity (Wildman–Crippen MR) is 121 cm³/mol. The third kappa shape index (κ3) is 4.34. The molecule has 1 unspecified atom stereocenters. The van der Waals surface area contributed by atoms with Crippen LogP contribution in [0.5, 0.6) is 5.75 Å². The first-order chi connectivity index (χ1) is 15.1. The maximum absolute atomic E-state index is 14.6. The number of aryl methyl sites for hydroxylation is 1. The lowest BCUT2D eigenvalue weighted by molar-refractivity contribution is -0.140. The minimum atomic E-state index is -0.452. The number of halogens is 1. The lowest BCUT2D eigenvalue weighted by Crippen LogP contribution is -2.41. The number of esters is 1. The second-order valence-corrected chi connectivity index (χ2v) is 9.28. The molecule has 0 amide bonds. The maximum Gasteiger partial charge on any atom is 0.494 e. The molecule has 0 spiro atoms. The molecule has 6 nitrogen and oxygen atoms in total. The summed E-state index contributed by atoms with van der Waals surface area (Å²) < 4.78 is 37.5. The van der Waals surface area contributed by atoms with Gasteiger partial charge in [0.25, 0.3) is 0 Å². The van der Waals surface area contributed by atoms with Crippen LogP contribution in [0.15, 0.2) is 36.4 Å². The third-order valence-electron chi connectivity index (χ3n) is 6.55.